The zero-order valence-electron chi connectivity index (χ0n) is 10.4. The van der Waals surface area contributed by atoms with Gasteiger partial charge in [0.2, 0.25) is 0 Å². The summed E-state index contributed by atoms with van der Waals surface area (Å²) >= 11 is 0. The topological polar surface area (TPSA) is 48.4 Å². The molecule has 1 fully saturated rings. The number of aromatic nitrogens is 1. The van der Waals surface area contributed by atoms with Crippen molar-refractivity contribution in [3.8, 4) is 0 Å². The molecule has 17 heavy (non-hydrogen) atoms. The maximum absolute atomic E-state index is 10.6. The van der Waals surface area contributed by atoms with Gasteiger partial charge in [-0.25, -0.2) is 0 Å². The molecule has 2 heterocycles. The fourth-order valence-electron chi connectivity index (χ4n) is 2.34. The van der Waals surface area contributed by atoms with Crippen LogP contribution in [0.1, 0.15) is 18.4 Å². The number of piperidine rings is 1. The van der Waals surface area contributed by atoms with Gasteiger partial charge in [-0.2, -0.15) is 0 Å². The Morgan fingerprint density at radius 1 is 1.47 bits per heavy atom. The Hall–Kier alpha value is -0.970. The lowest BCUT2D eigenvalue weighted by Crippen LogP contribution is -2.44. The van der Waals surface area contributed by atoms with E-state index in [4.69, 9.17) is 0 Å². The normalized spacial score (nSPS) is 20.4. The lowest BCUT2D eigenvalue weighted by molar-refractivity contribution is -0.0257. The van der Waals surface area contributed by atoms with E-state index in [-0.39, 0.29) is 0 Å². The van der Waals surface area contributed by atoms with Gasteiger partial charge in [-0.05, 0) is 26.0 Å². The summed E-state index contributed by atoms with van der Waals surface area (Å²) in [6.45, 7) is 3.96. The molecule has 0 bridgehead atoms. The van der Waals surface area contributed by atoms with Crippen molar-refractivity contribution in [3.63, 3.8) is 0 Å². The van der Waals surface area contributed by atoms with Gasteiger partial charge in [-0.3, -0.25) is 4.98 Å². The van der Waals surface area contributed by atoms with E-state index < -0.39 is 5.60 Å². The third-order valence-electron chi connectivity index (χ3n) is 3.56. The summed E-state index contributed by atoms with van der Waals surface area (Å²) in [5, 5.41) is 13.8. The number of pyridine rings is 1. The predicted molar refractivity (Wildman–Crippen MR) is 67.7 cm³/mol. The molecule has 2 rings (SSSR count). The third-order valence-corrected chi connectivity index (χ3v) is 3.56. The van der Waals surface area contributed by atoms with Crippen LogP contribution in [0.3, 0.4) is 0 Å². The molecule has 1 aromatic rings. The van der Waals surface area contributed by atoms with E-state index >= 15 is 0 Å². The van der Waals surface area contributed by atoms with Gasteiger partial charge in [0.1, 0.15) is 0 Å². The van der Waals surface area contributed by atoms with Crippen LogP contribution in [0.4, 0.5) is 0 Å². The molecule has 0 atom stereocenters. The van der Waals surface area contributed by atoms with Gasteiger partial charge in [0, 0.05) is 44.1 Å². The van der Waals surface area contributed by atoms with Crippen molar-refractivity contribution in [3.05, 3.63) is 30.1 Å². The molecule has 0 saturated carbocycles. The molecule has 0 aliphatic carbocycles. The fraction of sp³-hybridized carbons (Fsp3) is 0.615. The Labute approximate surface area is 103 Å². The van der Waals surface area contributed by atoms with E-state index in [1.165, 1.54) is 0 Å². The number of likely N-dealkylation sites (N-methyl/N-ethyl adjacent to an activating group) is 1. The number of hydrogen-bond donors (Lipinski definition) is 2. The molecule has 1 aromatic heterocycles. The van der Waals surface area contributed by atoms with Gasteiger partial charge in [0.15, 0.2) is 0 Å². The van der Waals surface area contributed by atoms with Gasteiger partial charge in [-0.1, -0.05) is 6.07 Å². The molecule has 0 radical (unpaired) electrons. The molecule has 0 aromatic carbocycles. The third kappa shape index (κ3) is 3.03. The summed E-state index contributed by atoms with van der Waals surface area (Å²) < 4.78 is 0. The number of likely N-dealkylation sites (tertiary alicyclic amines) is 1. The van der Waals surface area contributed by atoms with E-state index in [0.29, 0.717) is 0 Å². The quantitative estimate of drug-likeness (QED) is 0.801. The molecule has 94 valence electrons. The zero-order chi connectivity index (χ0) is 12.1. The largest absolute Gasteiger partial charge is 0.385 e. The maximum Gasteiger partial charge on any atom is 0.0935 e. The standard InChI is InChI=1S/C13H21N3O/c1-14-7-10-16-8-4-13(17,5-9-16)12-3-2-6-15-11-12/h2-3,6,11,14,17H,4-5,7-10H2,1H3. The highest BCUT2D eigenvalue weighted by atomic mass is 16.3. The van der Waals surface area contributed by atoms with Crippen molar-refractivity contribution in [2.24, 2.45) is 0 Å². The van der Waals surface area contributed by atoms with Crippen LogP contribution >= 0.6 is 0 Å². The van der Waals surface area contributed by atoms with E-state index in [0.717, 1.165) is 44.6 Å². The second kappa shape index (κ2) is 5.58. The SMILES string of the molecule is CNCCN1CCC(O)(c2cccnc2)CC1. The summed E-state index contributed by atoms with van der Waals surface area (Å²) in [6, 6.07) is 3.86. The van der Waals surface area contributed by atoms with Crippen molar-refractivity contribution in [2.75, 3.05) is 33.2 Å². The predicted octanol–water partition coefficient (Wildman–Crippen LogP) is 0.584. The van der Waals surface area contributed by atoms with Crippen molar-refractivity contribution >= 4 is 0 Å². The lowest BCUT2D eigenvalue weighted by Gasteiger charge is -2.38. The summed E-state index contributed by atoms with van der Waals surface area (Å²) in [5.41, 5.74) is 0.276. The first kappa shape index (κ1) is 12.5. The average Bonchev–Trinajstić information content (AvgIpc) is 2.39. The minimum atomic E-state index is -0.676. The van der Waals surface area contributed by atoms with Crippen LogP contribution in [0.15, 0.2) is 24.5 Å². The smallest absolute Gasteiger partial charge is 0.0935 e. The van der Waals surface area contributed by atoms with Crippen molar-refractivity contribution in [2.45, 2.75) is 18.4 Å². The minimum Gasteiger partial charge on any atom is -0.385 e. The molecule has 2 N–H and O–H groups in total. The number of nitrogens with one attached hydrogen (secondary N) is 1. The highest BCUT2D eigenvalue weighted by Gasteiger charge is 2.33. The molecule has 1 aliphatic heterocycles. The number of aliphatic hydroxyl groups is 1. The molecular weight excluding hydrogens is 214 g/mol. The monoisotopic (exact) mass is 235 g/mol. The van der Waals surface area contributed by atoms with Crippen molar-refractivity contribution in [1.29, 1.82) is 0 Å². The van der Waals surface area contributed by atoms with Crippen molar-refractivity contribution < 1.29 is 5.11 Å². The Balaban J connectivity index is 1.93. The number of rotatable bonds is 4. The van der Waals surface area contributed by atoms with Gasteiger partial charge in [0.05, 0.1) is 5.60 Å². The first-order valence-corrected chi connectivity index (χ1v) is 6.24. The van der Waals surface area contributed by atoms with Gasteiger partial charge in [0.25, 0.3) is 0 Å². The van der Waals surface area contributed by atoms with Crippen LogP contribution in [0, 0.1) is 0 Å². The summed E-state index contributed by atoms with van der Waals surface area (Å²) in [6.07, 6.45) is 5.11. The Bertz CT molecular complexity index is 334. The van der Waals surface area contributed by atoms with E-state index in [1.807, 2.05) is 19.2 Å². The molecule has 0 spiro atoms. The van der Waals surface area contributed by atoms with Crippen LogP contribution in [0.5, 0.6) is 0 Å². The molecular formula is C13H21N3O. The Morgan fingerprint density at radius 2 is 2.24 bits per heavy atom. The molecule has 1 saturated heterocycles. The first-order chi connectivity index (χ1) is 8.24. The van der Waals surface area contributed by atoms with Crippen LogP contribution in [0.25, 0.3) is 0 Å². The number of nitrogens with zero attached hydrogens (tertiary/aromatic N) is 2. The first-order valence-electron chi connectivity index (χ1n) is 6.24. The summed E-state index contributed by atoms with van der Waals surface area (Å²) in [7, 11) is 1.97. The molecule has 4 nitrogen and oxygen atoms in total. The second-order valence-electron chi connectivity index (χ2n) is 4.72. The minimum absolute atomic E-state index is 0.676. The Morgan fingerprint density at radius 3 is 2.82 bits per heavy atom. The highest BCUT2D eigenvalue weighted by Crippen LogP contribution is 2.31. The fourth-order valence-corrected chi connectivity index (χ4v) is 2.34. The van der Waals surface area contributed by atoms with Gasteiger partial charge >= 0.3 is 0 Å². The van der Waals surface area contributed by atoms with Gasteiger partial charge in [-0.15, -0.1) is 0 Å². The molecule has 4 heteroatoms. The maximum atomic E-state index is 10.6. The summed E-state index contributed by atoms with van der Waals surface area (Å²) in [5.74, 6) is 0. The zero-order valence-corrected chi connectivity index (χ0v) is 10.4. The van der Waals surface area contributed by atoms with Crippen LogP contribution < -0.4 is 5.32 Å². The molecule has 0 amide bonds. The number of hydrogen-bond acceptors (Lipinski definition) is 4. The summed E-state index contributed by atoms with van der Waals surface area (Å²) in [4.78, 5) is 6.48. The second-order valence-corrected chi connectivity index (χ2v) is 4.72. The van der Waals surface area contributed by atoms with E-state index in [1.54, 1.807) is 12.4 Å². The van der Waals surface area contributed by atoms with E-state index in [9.17, 15) is 5.11 Å². The lowest BCUT2D eigenvalue weighted by atomic mass is 9.85. The Kier molecular flexibility index (Phi) is 4.10. The van der Waals surface area contributed by atoms with E-state index in [2.05, 4.69) is 15.2 Å². The van der Waals surface area contributed by atoms with Crippen molar-refractivity contribution in [1.82, 2.24) is 15.2 Å². The van der Waals surface area contributed by atoms with Crippen LogP contribution in [-0.4, -0.2) is 48.2 Å². The van der Waals surface area contributed by atoms with Gasteiger partial charge < -0.3 is 15.3 Å². The highest BCUT2D eigenvalue weighted by molar-refractivity contribution is 5.18. The average molecular weight is 235 g/mol. The van der Waals surface area contributed by atoms with Crippen LogP contribution in [-0.2, 0) is 5.60 Å². The molecule has 0 unspecified atom stereocenters. The molecule has 1 aliphatic rings. The van der Waals surface area contributed by atoms with Crippen LogP contribution in [0.2, 0.25) is 0 Å².